The van der Waals surface area contributed by atoms with E-state index in [1.165, 1.54) is 0 Å². The number of nitrogens with one attached hydrogen (secondary N) is 2. The zero-order valence-electron chi connectivity index (χ0n) is 10.1. The number of aryl methyl sites for hydroxylation is 2. The van der Waals surface area contributed by atoms with Crippen molar-refractivity contribution in [2.45, 2.75) is 6.92 Å². The SMILES string of the molecule is Cc1cc(Cl)ccc1NC(=O)Nc1ccnn1C. The van der Waals surface area contributed by atoms with Gasteiger partial charge in [0.25, 0.3) is 0 Å². The summed E-state index contributed by atoms with van der Waals surface area (Å²) in [7, 11) is 1.75. The van der Waals surface area contributed by atoms with Crippen LogP contribution in [-0.2, 0) is 7.05 Å². The molecule has 0 aliphatic rings. The van der Waals surface area contributed by atoms with Gasteiger partial charge in [-0.25, -0.2) is 4.79 Å². The van der Waals surface area contributed by atoms with E-state index in [-0.39, 0.29) is 6.03 Å². The number of nitrogens with zero attached hydrogens (tertiary/aromatic N) is 2. The van der Waals surface area contributed by atoms with Crippen LogP contribution in [0.15, 0.2) is 30.5 Å². The Morgan fingerprint density at radius 1 is 1.33 bits per heavy atom. The average Bonchev–Trinajstić information content (AvgIpc) is 2.69. The molecule has 2 rings (SSSR count). The maximum atomic E-state index is 11.8. The van der Waals surface area contributed by atoms with Crippen molar-refractivity contribution in [1.29, 1.82) is 0 Å². The first-order valence-electron chi connectivity index (χ1n) is 5.38. The van der Waals surface area contributed by atoms with Crippen LogP contribution in [0.5, 0.6) is 0 Å². The van der Waals surface area contributed by atoms with Crippen molar-refractivity contribution in [1.82, 2.24) is 9.78 Å². The van der Waals surface area contributed by atoms with E-state index in [1.54, 1.807) is 42.2 Å². The van der Waals surface area contributed by atoms with E-state index in [9.17, 15) is 4.79 Å². The van der Waals surface area contributed by atoms with Gasteiger partial charge in [-0.3, -0.25) is 10.00 Å². The second-order valence-electron chi connectivity index (χ2n) is 3.88. The second kappa shape index (κ2) is 5.10. The fourth-order valence-electron chi connectivity index (χ4n) is 1.53. The van der Waals surface area contributed by atoms with Gasteiger partial charge < -0.3 is 5.32 Å². The third-order valence-corrected chi connectivity index (χ3v) is 2.73. The lowest BCUT2D eigenvalue weighted by molar-refractivity contribution is 0.262. The largest absolute Gasteiger partial charge is 0.324 e. The molecule has 0 saturated carbocycles. The van der Waals surface area contributed by atoms with Gasteiger partial charge in [0.1, 0.15) is 5.82 Å². The van der Waals surface area contributed by atoms with E-state index in [2.05, 4.69) is 15.7 Å². The molecule has 0 aliphatic carbocycles. The Bertz CT molecular complexity index is 579. The molecule has 6 heteroatoms. The van der Waals surface area contributed by atoms with Crippen LogP contribution in [0.3, 0.4) is 0 Å². The van der Waals surface area contributed by atoms with Crippen molar-refractivity contribution in [3.63, 3.8) is 0 Å². The predicted molar refractivity (Wildman–Crippen MR) is 72.0 cm³/mol. The van der Waals surface area contributed by atoms with Crippen LogP contribution in [0.4, 0.5) is 16.3 Å². The van der Waals surface area contributed by atoms with Gasteiger partial charge in [0.05, 0.1) is 6.20 Å². The molecule has 0 radical (unpaired) electrons. The number of hydrogen-bond donors (Lipinski definition) is 2. The van der Waals surface area contributed by atoms with E-state index in [4.69, 9.17) is 11.6 Å². The molecule has 0 saturated heterocycles. The van der Waals surface area contributed by atoms with E-state index in [0.29, 0.717) is 10.8 Å². The van der Waals surface area contributed by atoms with Gasteiger partial charge in [-0.05, 0) is 30.7 Å². The van der Waals surface area contributed by atoms with Crippen molar-refractivity contribution < 1.29 is 4.79 Å². The molecule has 0 spiro atoms. The van der Waals surface area contributed by atoms with E-state index < -0.39 is 0 Å². The summed E-state index contributed by atoms with van der Waals surface area (Å²) in [4.78, 5) is 11.8. The molecule has 0 unspecified atom stereocenters. The van der Waals surface area contributed by atoms with Gasteiger partial charge in [0.15, 0.2) is 0 Å². The quantitative estimate of drug-likeness (QED) is 0.876. The molecule has 0 aliphatic heterocycles. The summed E-state index contributed by atoms with van der Waals surface area (Å²) in [5.41, 5.74) is 1.63. The van der Waals surface area contributed by atoms with Crippen molar-refractivity contribution >= 4 is 29.1 Å². The first-order valence-corrected chi connectivity index (χ1v) is 5.76. The predicted octanol–water partition coefficient (Wildman–Crippen LogP) is 3.03. The highest BCUT2D eigenvalue weighted by Gasteiger charge is 2.07. The highest BCUT2D eigenvalue weighted by atomic mass is 35.5. The number of benzene rings is 1. The number of urea groups is 1. The first kappa shape index (κ1) is 12.4. The van der Waals surface area contributed by atoms with Crippen LogP contribution >= 0.6 is 11.6 Å². The first-order chi connectivity index (χ1) is 8.56. The number of hydrogen-bond acceptors (Lipinski definition) is 2. The van der Waals surface area contributed by atoms with E-state index >= 15 is 0 Å². The molecule has 94 valence electrons. The van der Waals surface area contributed by atoms with Gasteiger partial charge in [-0.15, -0.1) is 0 Å². The van der Waals surface area contributed by atoms with Crippen molar-refractivity contribution in [2.24, 2.45) is 7.05 Å². The lowest BCUT2D eigenvalue weighted by Gasteiger charge is -2.10. The molecule has 2 amide bonds. The van der Waals surface area contributed by atoms with Crippen LogP contribution < -0.4 is 10.6 Å². The van der Waals surface area contributed by atoms with Crippen molar-refractivity contribution in [3.05, 3.63) is 41.0 Å². The number of aromatic nitrogens is 2. The Balaban J connectivity index is 2.05. The minimum absolute atomic E-state index is 0.316. The maximum absolute atomic E-state index is 11.8. The topological polar surface area (TPSA) is 59.0 Å². The van der Waals surface area contributed by atoms with Crippen LogP contribution in [0, 0.1) is 6.92 Å². The minimum atomic E-state index is -0.316. The summed E-state index contributed by atoms with van der Waals surface area (Å²) in [5.74, 6) is 0.624. The lowest BCUT2D eigenvalue weighted by atomic mass is 10.2. The van der Waals surface area contributed by atoms with Crippen LogP contribution in [0.25, 0.3) is 0 Å². The molecule has 1 heterocycles. The van der Waals surface area contributed by atoms with Gasteiger partial charge in [0, 0.05) is 23.8 Å². The molecule has 0 bridgehead atoms. The third-order valence-electron chi connectivity index (χ3n) is 2.50. The molecule has 0 fully saturated rings. The second-order valence-corrected chi connectivity index (χ2v) is 4.31. The molecular weight excluding hydrogens is 252 g/mol. The van der Waals surface area contributed by atoms with Crippen LogP contribution in [0.2, 0.25) is 5.02 Å². The summed E-state index contributed by atoms with van der Waals surface area (Å²) in [5, 5.41) is 10.1. The number of carbonyl (C=O) groups is 1. The summed E-state index contributed by atoms with van der Waals surface area (Å²) < 4.78 is 1.58. The van der Waals surface area contributed by atoms with Crippen LogP contribution in [-0.4, -0.2) is 15.8 Å². The maximum Gasteiger partial charge on any atom is 0.324 e. The Morgan fingerprint density at radius 2 is 2.11 bits per heavy atom. The molecule has 2 aromatic rings. The lowest BCUT2D eigenvalue weighted by Crippen LogP contribution is -2.21. The molecule has 2 N–H and O–H groups in total. The summed E-state index contributed by atoms with van der Waals surface area (Å²) in [6, 6.07) is 6.69. The monoisotopic (exact) mass is 264 g/mol. The molecule has 18 heavy (non-hydrogen) atoms. The Hall–Kier alpha value is -2.01. The number of carbonyl (C=O) groups excluding carboxylic acids is 1. The van der Waals surface area contributed by atoms with Gasteiger partial charge in [0.2, 0.25) is 0 Å². The van der Waals surface area contributed by atoms with Crippen molar-refractivity contribution in [3.8, 4) is 0 Å². The Kier molecular flexibility index (Phi) is 3.53. The minimum Gasteiger partial charge on any atom is -0.307 e. The Labute approximate surface area is 110 Å². The summed E-state index contributed by atoms with van der Waals surface area (Å²) in [6.07, 6.45) is 1.61. The molecule has 0 atom stereocenters. The number of amides is 2. The smallest absolute Gasteiger partial charge is 0.307 e. The number of halogens is 1. The summed E-state index contributed by atoms with van der Waals surface area (Å²) in [6.45, 7) is 1.88. The molecular formula is C12H13ClN4O. The van der Waals surface area contributed by atoms with Crippen molar-refractivity contribution in [2.75, 3.05) is 10.6 Å². The third kappa shape index (κ3) is 2.81. The zero-order chi connectivity index (χ0) is 13.1. The Morgan fingerprint density at radius 3 is 2.72 bits per heavy atom. The van der Waals surface area contributed by atoms with E-state index in [1.807, 2.05) is 6.92 Å². The summed E-state index contributed by atoms with van der Waals surface area (Å²) >= 11 is 5.85. The normalized spacial score (nSPS) is 10.2. The number of rotatable bonds is 2. The highest BCUT2D eigenvalue weighted by molar-refractivity contribution is 6.30. The standard InChI is InChI=1S/C12H13ClN4O/c1-8-7-9(13)3-4-10(8)15-12(18)16-11-5-6-14-17(11)2/h3-7H,1-2H3,(H2,15,16,18). The fourth-order valence-corrected chi connectivity index (χ4v) is 1.76. The zero-order valence-corrected chi connectivity index (χ0v) is 10.8. The fraction of sp³-hybridized carbons (Fsp3) is 0.167. The van der Waals surface area contributed by atoms with Crippen LogP contribution in [0.1, 0.15) is 5.56 Å². The molecule has 5 nitrogen and oxygen atoms in total. The average molecular weight is 265 g/mol. The molecule has 1 aromatic heterocycles. The van der Waals surface area contributed by atoms with Gasteiger partial charge in [-0.2, -0.15) is 5.10 Å². The van der Waals surface area contributed by atoms with Gasteiger partial charge >= 0.3 is 6.03 Å². The van der Waals surface area contributed by atoms with Gasteiger partial charge in [-0.1, -0.05) is 11.6 Å². The van der Waals surface area contributed by atoms with E-state index in [0.717, 1.165) is 11.3 Å². The highest BCUT2D eigenvalue weighted by Crippen LogP contribution is 2.19. The number of anilines is 2. The molecule has 1 aromatic carbocycles.